The first kappa shape index (κ1) is 26.9. The van der Waals surface area contributed by atoms with Gasteiger partial charge in [-0.2, -0.15) is 9.78 Å². The molecule has 2 aromatic heterocycles. The minimum atomic E-state index is -0.655. The topological polar surface area (TPSA) is 102 Å². The highest BCUT2D eigenvalue weighted by Gasteiger charge is 2.20. The molecule has 0 fully saturated rings. The van der Waals surface area contributed by atoms with E-state index < -0.39 is 11.7 Å². The zero-order chi connectivity index (χ0) is 29.6. The van der Waals surface area contributed by atoms with Crippen LogP contribution in [0.4, 0.5) is 20.7 Å². The summed E-state index contributed by atoms with van der Waals surface area (Å²) >= 11 is 0. The minimum absolute atomic E-state index is 0.106. The number of aryl methyl sites for hydroxylation is 1. The van der Waals surface area contributed by atoms with Gasteiger partial charge < -0.3 is 15.2 Å². The van der Waals surface area contributed by atoms with Crippen molar-refractivity contribution in [2.24, 2.45) is 0 Å². The molecule has 9 heteroatoms. The second kappa shape index (κ2) is 10.3. The Labute approximate surface area is 241 Å². The van der Waals surface area contributed by atoms with Crippen LogP contribution in [0, 0.1) is 12.7 Å². The molecular formula is C33H28FN5O3. The molecule has 42 heavy (non-hydrogen) atoms. The molecule has 0 radical (unpaired) electrons. The van der Waals surface area contributed by atoms with Gasteiger partial charge in [0.1, 0.15) is 23.0 Å². The number of phenols is 1. The van der Waals surface area contributed by atoms with E-state index in [1.807, 2.05) is 36.4 Å². The Kier molecular flexibility index (Phi) is 6.57. The smallest absolute Gasteiger partial charge is 0.435 e. The van der Waals surface area contributed by atoms with E-state index in [2.05, 4.69) is 10.4 Å². The van der Waals surface area contributed by atoms with E-state index >= 15 is 4.39 Å². The fourth-order valence-corrected chi connectivity index (χ4v) is 4.70. The monoisotopic (exact) mass is 561 g/mol. The fourth-order valence-electron chi connectivity index (χ4n) is 4.70. The van der Waals surface area contributed by atoms with Gasteiger partial charge in [0.15, 0.2) is 5.82 Å². The molecule has 210 valence electrons. The Balaban J connectivity index is 1.40. The molecule has 0 amide bonds. The minimum Gasteiger partial charge on any atom is -0.508 e. The van der Waals surface area contributed by atoms with Gasteiger partial charge in [0.2, 0.25) is 0 Å². The predicted molar refractivity (Wildman–Crippen MR) is 161 cm³/mol. The maximum Gasteiger partial charge on any atom is 0.435 e. The number of nitrogens with zero attached hydrogens (tertiary/aromatic N) is 4. The van der Waals surface area contributed by atoms with Crippen molar-refractivity contribution in [3.8, 4) is 28.3 Å². The molecular weight excluding hydrogens is 533 g/mol. The van der Waals surface area contributed by atoms with Gasteiger partial charge in [-0.25, -0.2) is 19.2 Å². The molecule has 0 bridgehead atoms. The van der Waals surface area contributed by atoms with Gasteiger partial charge in [-0.3, -0.25) is 0 Å². The van der Waals surface area contributed by atoms with Crippen LogP contribution in [0.2, 0.25) is 0 Å². The largest absolute Gasteiger partial charge is 0.508 e. The Hall–Kier alpha value is -5.31. The number of anilines is 2. The van der Waals surface area contributed by atoms with Crippen LogP contribution in [0.25, 0.3) is 44.3 Å². The maximum atomic E-state index is 15.3. The zero-order valence-electron chi connectivity index (χ0n) is 23.5. The van der Waals surface area contributed by atoms with Crippen molar-refractivity contribution in [1.29, 1.82) is 0 Å². The summed E-state index contributed by atoms with van der Waals surface area (Å²) in [5, 5.41) is 19.3. The van der Waals surface area contributed by atoms with Gasteiger partial charge >= 0.3 is 6.09 Å². The molecule has 0 unspecified atom stereocenters. The normalized spacial score (nSPS) is 11.6. The number of aromatic hydroxyl groups is 1. The highest BCUT2D eigenvalue weighted by molar-refractivity contribution is 5.95. The van der Waals surface area contributed by atoms with Crippen molar-refractivity contribution in [3.05, 3.63) is 96.4 Å². The molecule has 6 rings (SSSR count). The van der Waals surface area contributed by atoms with Crippen LogP contribution in [-0.2, 0) is 4.74 Å². The number of ether oxygens (including phenoxy) is 1. The van der Waals surface area contributed by atoms with Gasteiger partial charge in [-0.1, -0.05) is 42.5 Å². The van der Waals surface area contributed by atoms with Gasteiger partial charge in [0.25, 0.3) is 0 Å². The second-order valence-corrected chi connectivity index (χ2v) is 11.0. The van der Waals surface area contributed by atoms with Crippen LogP contribution in [-0.4, -0.2) is 36.5 Å². The summed E-state index contributed by atoms with van der Waals surface area (Å²) in [6, 6.07) is 23.0. The first-order valence-corrected chi connectivity index (χ1v) is 13.4. The average Bonchev–Trinajstić information content (AvgIpc) is 3.37. The van der Waals surface area contributed by atoms with E-state index in [-0.39, 0.29) is 11.6 Å². The molecule has 6 aromatic rings. The maximum absolute atomic E-state index is 15.3. The lowest BCUT2D eigenvalue weighted by Crippen LogP contribution is -2.27. The Bertz CT molecular complexity index is 1980. The Morgan fingerprint density at radius 2 is 1.74 bits per heavy atom. The molecule has 8 nitrogen and oxygen atoms in total. The number of nitrogens with one attached hydrogen (secondary N) is 1. The van der Waals surface area contributed by atoms with Crippen molar-refractivity contribution in [2.75, 3.05) is 5.32 Å². The number of hydrogen-bond donors (Lipinski definition) is 2. The number of halogens is 1. The first-order chi connectivity index (χ1) is 20.1. The molecule has 2 heterocycles. The first-order valence-electron chi connectivity index (χ1n) is 13.4. The lowest BCUT2D eigenvalue weighted by atomic mass is 10.0. The van der Waals surface area contributed by atoms with Crippen LogP contribution in [0.1, 0.15) is 26.3 Å². The van der Waals surface area contributed by atoms with Crippen molar-refractivity contribution in [2.45, 2.75) is 33.3 Å². The van der Waals surface area contributed by atoms with Gasteiger partial charge in [-0.05, 0) is 75.2 Å². The van der Waals surface area contributed by atoms with Gasteiger partial charge in [-0.15, -0.1) is 0 Å². The van der Waals surface area contributed by atoms with Gasteiger partial charge in [0, 0.05) is 27.6 Å². The summed E-state index contributed by atoms with van der Waals surface area (Å²) < 4.78 is 21.9. The molecule has 0 aliphatic rings. The molecule has 4 aromatic carbocycles. The van der Waals surface area contributed by atoms with E-state index in [0.29, 0.717) is 55.8 Å². The van der Waals surface area contributed by atoms with E-state index in [0.717, 1.165) is 5.56 Å². The third-order valence-electron chi connectivity index (χ3n) is 6.72. The summed E-state index contributed by atoms with van der Waals surface area (Å²) in [4.78, 5) is 22.1. The van der Waals surface area contributed by atoms with Crippen molar-refractivity contribution < 1.29 is 19.0 Å². The third kappa shape index (κ3) is 5.24. The number of carbonyl (C=O) groups excluding carboxylic acids is 1. The van der Waals surface area contributed by atoms with E-state index in [1.54, 1.807) is 70.3 Å². The molecule has 0 saturated carbocycles. The number of carbonyl (C=O) groups is 1. The van der Waals surface area contributed by atoms with Crippen molar-refractivity contribution in [1.82, 2.24) is 19.7 Å². The van der Waals surface area contributed by atoms with Crippen LogP contribution >= 0.6 is 0 Å². The number of phenolic OH excluding ortho intramolecular Hbond substituents is 1. The van der Waals surface area contributed by atoms with E-state index in [9.17, 15) is 9.90 Å². The molecule has 0 saturated heterocycles. The highest BCUT2D eigenvalue weighted by Crippen LogP contribution is 2.34. The summed E-state index contributed by atoms with van der Waals surface area (Å²) in [6.07, 6.45) is 1.02. The fraction of sp³-hybridized carbons (Fsp3) is 0.152. The zero-order valence-corrected chi connectivity index (χ0v) is 23.5. The SMILES string of the molecule is Cc1cc2nc(-c3ccc(-c4ccccc4)c(F)c3)nc(Nc3ccc4c(cnn4C(=O)OC(C)(C)C)c3)c2cc1O. The Morgan fingerprint density at radius 3 is 2.48 bits per heavy atom. The standard InChI is InChI=1S/C33H28FN5O3/c1-19-14-27-25(17-29(19)40)31(36-23-11-13-28-22(15-23)18-35-39(28)32(41)42-33(2,3)4)38-30(37-27)21-10-12-24(26(34)16-21)20-8-6-5-7-9-20/h5-18,40H,1-4H3,(H,36,37,38). The summed E-state index contributed by atoms with van der Waals surface area (Å²) in [7, 11) is 0. The van der Waals surface area contributed by atoms with Crippen LogP contribution < -0.4 is 5.32 Å². The summed E-state index contributed by atoms with van der Waals surface area (Å²) in [5.74, 6) is 0.477. The average molecular weight is 562 g/mol. The number of aromatic nitrogens is 4. The second-order valence-electron chi connectivity index (χ2n) is 11.0. The Morgan fingerprint density at radius 1 is 0.952 bits per heavy atom. The summed E-state index contributed by atoms with van der Waals surface area (Å²) in [6.45, 7) is 7.17. The highest BCUT2D eigenvalue weighted by atomic mass is 19.1. The number of rotatable bonds is 4. The van der Waals surface area contributed by atoms with Crippen LogP contribution in [0.5, 0.6) is 5.75 Å². The lowest BCUT2D eigenvalue weighted by Gasteiger charge is -2.19. The van der Waals surface area contributed by atoms with E-state index in [1.165, 1.54) is 10.7 Å². The molecule has 0 spiro atoms. The van der Waals surface area contributed by atoms with Crippen LogP contribution in [0.15, 0.2) is 85.1 Å². The number of benzene rings is 4. The predicted octanol–water partition coefficient (Wildman–Crippen LogP) is 7.99. The molecule has 0 atom stereocenters. The number of hydrogen-bond acceptors (Lipinski definition) is 7. The van der Waals surface area contributed by atoms with Crippen LogP contribution in [0.3, 0.4) is 0 Å². The molecule has 0 aliphatic heterocycles. The summed E-state index contributed by atoms with van der Waals surface area (Å²) in [5.41, 5.74) is 3.62. The lowest BCUT2D eigenvalue weighted by molar-refractivity contribution is 0.0522. The van der Waals surface area contributed by atoms with Crippen molar-refractivity contribution in [3.63, 3.8) is 0 Å². The quantitative estimate of drug-likeness (QED) is 0.225. The number of fused-ring (bicyclic) bond motifs is 2. The molecule has 0 aliphatic carbocycles. The molecule has 2 N–H and O–H groups in total. The van der Waals surface area contributed by atoms with Gasteiger partial charge in [0.05, 0.1) is 17.2 Å². The van der Waals surface area contributed by atoms with Crippen molar-refractivity contribution >= 4 is 39.4 Å². The third-order valence-corrected chi connectivity index (χ3v) is 6.72. The van der Waals surface area contributed by atoms with E-state index in [4.69, 9.17) is 14.7 Å².